The third-order valence-electron chi connectivity index (χ3n) is 4.97. The van der Waals surface area contributed by atoms with E-state index in [-0.39, 0.29) is 0 Å². The van der Waals surface area contributed by atoms with Crippen molar-refractivity contribution in [3.8, 4) is 0 Å². The van der Waals surface area contributed by atoms with Crippen LogP contribution in [0.25, 0.3) is 0 Å². The average molecular weight is 208 g/mol. The summed E-state index contributed by atoms with van der Waals surface area (Å²) in [6, 6.07) is 0. The van der Waals surface area contributed by atoms with Gasteiger partial charge in [0.25, 0.3) is 0 Å². The lowest BCUT2D eigenvalue weighted by Crippen LogP contribution is -2.48. The highest BCUT2D eigenvalue weighted by molar-refractivity contribution is 4.90. The zero-order valence-electron chi connectivity index (χ0n) is 9.91. The molecule has 0 spiro atoms. The lowest BCUT2D eigenvalue weighted by atomic mass is 9.88. The first-order valence-electron chi connectivity index (χ1n) is 6.76. The minimum absolute atomic E-state index is 0.907. The summed E-state index contributed by atoms with van der Waals surface area (Å²) < 4.78 is 0. The SMILES string of the molecule is CC(CN1CC2CCCC2C1)C1CNC1. The molecule has 1 N–H and O–H groups in total. The van der Waals surface area contributed by atoms with Crippen molar-refractivity contribution in [1.82, 2.24) is 10.2 Å². The highest BCUT2D eigenvalue weighted by Crippen LogP contribution is 2.38. The third kappa shape index (κ3) is 1.94. The second-order valence-corrected chi connectivity index (χ2v) is 6.07. The molecule has 3 aliphatic rings. The van der Waals surface area contributed by atoms with Gasteiger partial charge in [0, 0.05) is 19.6 Å². The minimum atomic E-state index is 0.907. The standard InChI is InChI=1S/C13H24N2/c1-10(13-5-14-6-13)7-15-8-11-3-2-4-12(11)9-15/h10-14H,2-9H2,1H3. The second-order valence-electron chi connectivity index (χ2n) is 6.07. The zero-order chi connectivity index (χ0) is 10.3. The molecule has 3 unspecified atom stereocenters. The number of likely N-dealkylation sites (tertiary alicyclic amines) is 1. The summed E-state index contributed by atoms with van der Waals surface area (Å²) in [5.74, 6) is 4.00. The van der Waals surface area contributed by atoms with Gasteiger partial charge >= 0.3 is 0 Å². The molecule has 3 atom stereocenters. The Kier molecular flexibility index (Phi) is 2.73. The third-order valence-corrected chi connectivity index (χ3v) is 4.97. The predicted octanol–water partition coefficient (Wildman–Crippen LogP) is 1.57. The fraction of sp³-hybridized carbons (Fsp3) is 1.00. The maximum Gasteiger partial charge on any atom is 0.00130 e. The quantitative estimate of drug-likeness (QED) is 0.757. The molecule has 1 saturated carbocycles. The molecular weight excluding hydrogens is 184 g/mol. The molecule has 0 aromatic heterocycles. The van der Waals surface area contributed by atoms with E-state index in [2.05, 4.69) is 17.1 Å². The van der Waals surface area contributed by atoms with Gasteiger partial charge in [-0.15, -0.1) is 0 Å². The maximum absolute atomic E-state index is 3.39. The summed E-state index contributed by atoms with van der Waals surface area (Å²) in [6.45, 7) is 9.16. The van der Waals surface area contributed by atoms with Crippen LogP contribution in [0.2, 0.25) is 0 Å². The predicted molar refractivity (Wildman–Crippen MR) is 62.8 cm³/mol. The number of nitrogens with one attached hydrogen (secondary N) is 1. The first-order chi connectivity index (χ1) is 7.33. The Morgan fingerprint density at radius 2 is 1.87 bits per heavy atom. The fourth-order valence-electron chi connectivity index (χ4n) is 3.75. The van der Waals surface area contributed by atoms with Crippen LogP contribution in [0.5, 0.6) is 0 Å². The molecule has 2 heteroatoms. The molecule has 3 rings (SSSR count). The van der Waals surface area contributed by atoms with Crippen molar-refractivity contribution in [3.63, 3.8) is 0 Å². The van der Waals surface area contributed by atoms with Gasteiger partial charge < -0.3 is 10.2 Å². The molecule has 2 aliphatic heterocycles. The highest BCUT2D eigenvalue weighted by Gasteiger charge is 2.37. The van der Waals surface area contributed by atoms with Crippen molar-refractivity contribution in [2.24, 2.45) is 23.7 Å². The number of nitrogens with zero attached hydrogens (tertiary/aromatic N) is 1. The van der Waals surface area contributed by atoms with Gasteiger partial charge in [-0.1, -0.05) is 13.3 Å². The van der Waals surface area contributed by atoms with Crippen LogP contribution in [0.1, 0.15) is 26.2 Å². The lowest BCUT2D eigenvalue weighted by Gasteiger charge is -2.35. The Bertz CT molecular complexity index is 213. The Balaban J connectivity index is 1.48. The molecule has 15 heavy (non-hydrogen) atoms. The largest absolute Gasteiger partial charge is 0.316 e. The smallest absolute Gasteiger partial charge is 0.00130 e. The molecule has 1 aliphatic carbocycles. The monoisotopic (exact) mass is 208 g/mol. The molecule has 2 heterocycles. The van der Waals surface area contributed by atoms with Crippen molar-refractivity contribution in [3.05, 3.63) is 0 Å². The normalized spacial score (nSPS) is 39.0. The van der Waals surface area contributed by atoms with Crippen molar-refractivity contribution in [2.75, 3.05) is 32.7 Å². The van der Waals surface area contributed by atoms with E-state index in [1.54, 1.807) is 0 Å². The van der Waals surface area contributed by atoms with Crippen LogP contribution in [0, 0.1) is 23.7 Å². The van der Waals surface area contributed by atoms with E-state index in [0.29, 0.717) is 0 Å². The molecule has 0 radical (unpaired) electrons. The molecule has 0 aromatic carbocycles. The highest BCUT2D eigenvalue weighted by atomic mass is 15.2. The summed E-state index contributed by atoms with van der Waals surface area (Å²) >= 11 is 0. The van der Waals surface area contributed by atoms with Gasteiger partial charge in [-0.3, -0.25) is 0 Å². The summed E-state index contributed by atoms with van der Waals surface area (Å²) in [4.78, 5) is 2.75. The van der Waals surface area contributed by atoms with Gasteiger partial charge in [0.05, 0.1) is 0 Å². The van der Waals surface area contributed by atoms with E-state index < -0.39 is 0 Å². The van der Waals surface area contributed by atoms with E-state index in [4.69, 9.17) is 0 Å². The molecule has 86 valence electrons. The second kappa shape index (κ2) is 4.06. The summed E-state index contributed by atoms with van der Waals surface area (Å²) in [5, 5.41) is 3.39. The van der Waals surface area contributed by atoms with E-state index >= 15 is 0 Å². The zero-order valence-corrected chi connectivity index (χ0v) is 9.91. The van der Waals surface area contributed by atoms with E-state index in [0.717, 1.165) is 23.7 Å². The summed E-state index contributed by atoms with van der Waals surface area (Å²) in [6.07, 6.45) is 4.53. The van der Waals surface area contributed by atoms with Crippen LogP contribution in [-0.4, -0.2) is 37.6 Å². The molecule has 3 fully saturated rings. The van der Waals surface area contributed by atoms with Crippen molar-refractivity contribution >= 4 is 0 Å². The van der Waals surface area contributed by atoms with Crippen LogP contribution in [0.15, 0.2) is 0 Å². The van der Waals surface area contributed by atoms with E-state index in [9.17, 15) is 0 Å². The van der Waals surface area contributed by atoms with Crippen molar-refractivity contribution in [1.29, 1.82) is 0 Å². The first kappa shape index (κ1) is 10.1. The van der Waals surface area contributed by atoms with E-state index in [1.807, 2.05) is 0 Å². The first-order valence-corrected chi connectivity index (χ1v) is 6.76. The number of hydrogen-bond acceptors (Lipinski definition) is 2. The van der Waals surface area contributed by atoms with Gasteiger partial charge in [-0.25, -0.2) is 0 Å². The van der Waals surface area contributed by atoms with Crippen LogP contribution in [0.4, 0.5) is 0 Å². The molecule has 0 amide bonds. The minimum Gasteiger partial charge on any atom is -0.316 e. The molecule has 2 nitrogen and oxygen atoms in total. The number of hydrogen-bond donors (Lipinski definition) is 1. The number of fused-ring (bicyclic) bond motifs is 1. The Morgan fingerprint density at radius 3 is 2.40 bits per heavy atom. The van der Waals surface area contributed by atoms with E-state index in [1.165, 1.54) is 52.0 Å². The summed E-state index contributed by atoms with van der Waals surface area (Å²) in [5.41, 5.74) is 0. The fourth-order valence-corrected chi connectivity index (χ4v) is 3.75. The van der Waals surface area contributed by atoms with Crippen LogP contribution >= 0.6 is 0 Å². The maximum atomic E-state index is 3.39. The van der Waals surface area contributed by atoms with Crippen LogP contribution in [-0.2, 0) is 0 Å². The van der Waals surface area contributed by atoms with Crippen molar-refractivity contribution in [2.45, 2.75) is 26.2 Å². The van der Waals surface area contributed by atoms with Gasteiger partial charge in [0.15, 0.2) is 0 Å². The molecule has 2 saturated heterocycles. The molecule has 0 aromatic rings. The lowest BCUT2D eigenvalue weighted by molar-refractivity contribution is 0.179. The molecular formula is C13H24N2. The molecule has 0 bridgehead atoms. The topological polar surface area (TPSA) is 15.3 Å². The van der Waals surface area contributed by atoms with Gasteiger partial charge in [0.1, 0.15) is 0 Å². The van der Waals surface area contributed by atoms with Gasteiger partial charge in [0.2, 0.25) is 0 Å². The van der Waals surface area contributed by atoms with Crippen LogP contribution in [0.3, 0.4) is 0 Å². The van der Waals surface area contributed by atoms with Gasteiger partial charge in [-0.05, 0) is 49.6 Å². The van der Waals surface area contributed by atoms with Crippen molar-refractivity contribution < 1.29 is 0 Å². The number of rotatable bonds is 3. The Hall–Kier alpha value is -0.0800. The average Bonchev–Trinajstić information content (AvgIpc) is 2.58. The van der Waals surface area contributed by atoms with Crippen LogP contribution < -0.4 is 5.32 Å². The van der Waals surface area contributed by atoms with Gasteiger partial charge in [-0.2, -0.15) is 0 Å². The summed E-state index contributed by atoms with van der Waals surface area (Å²) in [7, 11) is 0. The Labute approximate surface area is 93.4 Å². The Morgan fingerprint density at radius 1 is 1.20 bits per heavy atom.